The molecule has 2 atom stereocenters. The van der Waals surface area contributed by atoms with Crippen LogP contribution >= 0.6 is 0 Å². The van der Waals surface area contributed by atoms with Gasteiger partial charge in [-0.25, -0.2) is 0 Å². The summed E-state index contributed by atoms with van der Waals surface area (Å²) in [4.78, 5) is 0. The first-order valence-electron chi connectivity index (χ1n) is 8.68. The Balaban J connectivity index is 1.75. The highest BCUT2D eigenvalue weighted by Crippen LogP contribution is 2.28. The van der Waals surface area contributed by atoms with Crippen LogP contribution in [-0.2, 0) is 0 Å². The second kappa shape index (κ2) is 8.96. The maximum Gasteiger partial charge on any atom is 0.00671 e. The molecule has 1 N–H and O–H groups in total. The molecule has 0 amide bonds. The molecule has 2 aliphatic rings. The normalized spacial score (nSPS) is 33.3. The van der Waals surface area contributed by atoms with Crippen molar-refractivity contribution < 1.29 is 0 Å². The van der Waals surface area contributed by atoms with Crippen molar-refractivity contribution in [2.75, 3.05) is 6.54 Å². The maximum atomic E-state index is 3.82. The molecule has 1 heterocycles. The summed E-state index contributed by atoms with van der Waals surface area (Å²) in [6, 6.07) is 0.847. The van der Waals surface area contributed by atoms with Crippen LogP contribution in [0.5, 0.6) is 0 Å². The molecule has 1 heteroatoms. The van der Waals surface area contributed by atoms with E-state index in [1.807, 2.05) is 0 Å². The van der Waals surface area contributed by atoms with Gasteiger partial charge in [0.05, 0.1) is 0 Å². The Kier molecular flexibility index (Phi) is 7.15. The summed E-state index contributed by atoms with van der Waals surface area (Å²) in [5.41, 5.74) is 0. The summed E-state index contributed by atoms with van der Waals surface area (Å²) in [7, 11) is 0. The van der Waals surface area contributed by atoms with Gasteiger partial charge in [0.2, 0.25) is 0 Å². The standard InChI is InChI=1S/C17H33N/c1-2-4-6-8-15-18-17-12-9-11-16(13-14-17)10-7-5-3-1/h16-18H,1-15H2/t16-,17?/m0/s1. The Morgan fingerprint density at radius 1 is 0.500 bits per heavy atom. The van der Waals surface area contributed by atoms with Crippen molar-refractivity contribution in [3.63, 3.8) is 0 Å². The van der Waals surface area contributed by atoms with Crippen molar-refractivity contribution in [3.8, 4) is 0 Å². The van der Waals surface area contributed by atoms with Gasteiger partial charge in [0, 0.05) is 6.04 Å². The van der Waals surface area contributed by atoms with Crippen LogP contribution in [0.4, 0.5) is 0 Å². The zero-order valence-corrected chi connectivity index (χ0v) is 12.3. The van der Waals surface area contributed by atoms with Crippen LogP contribution in [0.15, 0.2) is 0 Å². The molecule has 1 unspecified atom stereocenters. The van der Waals surface area contributed by atoms with Gasteiger partial charge in [-0.2, -0.15) is 0 Å². The highest BCUT2D eigenvalue weighted by Gasteiger charge is 2.18. The summed E-state index contributed by atoms with van der Waals surface area (Å²) in [5.74, 6) is 1.06. The summed E-state index contributed by atoms with van der Waals surface area (Å²) >= 11 is 0. The van der Waals surface area contributed by atoms with Crippen LogP contribution in [0.2, 0.25) is 0 Å². The highest BCUT2D eigenvalue weighted by atomic mass is 14.9. The minimum absolute atomic E-state index is 0.847. The lowest BCUT2D eigenvalue weighted by Gasteiger charge is -2.16. The topological polar surface area (TPSA) is 12.0 Å². The zero-order chi connectivity index (χ0) is 12.5. The molecule has 2 rings (SSSR count). The minimum atomic E-state index is 0.847. The third-order valence-corrected chi connectivity index (χ3v) is 5.06. The molecular weight excluding hydrogens is 218 g/mol. The van der Waals surface area contributed by atoms with Crippen molar-refractivity contribution in [1.29, 1.82) is 0 Å². The summed E-state index contributed by atoms with van der Waals surface area (Å²) in [6.45, 7) is 1.27. The molecule has 1 aliphatic heterocycles. The predicted octanol–water partition coefficient (Wildman–Crippen LogP) is 5.05. The molecule has 18 heavy (non-hydrogen) atoms. The molecule has 1 aliphatic carbocycles. The smallest absolute Gasteiger partial charge is 0.00671 e. The van der Waals surface area contributed by atoms with E-state index in [0.29, 0.717) is 0 Å². The average molecular weight is 251 g/mol. The van der Waals surface area contributed by atoms with Gasteiger partial charge in [-0.3, -0.25) is 0 Å². The van der Waals surface area contributed by atoms with E-state index in [1.54, 1.807) is 0 Å². The lowest BCUT2D eigenvalue weighted by atomic mass is 9.93. The van der Waals surface area contributed by atoms with Gasteiger partial charge in [0.25, 0.3) is 0 Å². The van der Waals surface area contributed by atoms with E-state index in [2.05, 4.69) is 5.32 Å². The van der Waals surface area contributed by atoms with Gasteiger partial charge in [-0.05, 0) is 38.1 Å². The van der Waals surface area contributed by atoms with E-state index in [4.69, 9.17) is 0 Å². The third kappa shape index (κ3) is 5.73. The number of nitrogens with one attached hydrogen (secondary N) is 1. The number of hydrogen-bond acceptors (Lipinski definition) is 1. The molecule has 2 fully saturated rings. The first-order valence-corrected chi connectivity index (χ1v) is 8.68. The van der Waals surface area contributed by atoms with E-state index in [0.717, 1.165) is 12.0 Å². The molecule has 0 radical (unpaired) electrons. The van der Waals surface area contributed by atoms with E-state index < -0.39 is 0 Å². The average Bonchev–Trinajstić information content (AvgIpc) is 2.60. The van der Waals surface area contributed by atoms with E-state index >= 15 is 0 Å². The van der Waals surface area contributed by atoms with Crippen molar-refractivity contribution >= 4 is 0 Å². The lowest BCUT2D eigenvalue weighted by molar-refractivity contribution is 0.397. The summed E-state index contributed by atoms with van der Waals surface area (Å²) < 4.78 is 0. The second-order valence-corrected chi connectivity index (χ2v) is 6.64. The fourth-order valence-corrected chi connectivity index (χ4v) is 3.80. The van der Waals surface area contributed by atoms with Crippen molar-refractivity contribution in [2.24, 2.45) is 5.92 Å². The molecular formula is C17H33N. The van der Waals surface area contributed by atoms with Crippen molar-refractivity contribution in [2.45, 2.75) is 95.9 Å². The third-order valence-electron chi connectivity index (χ3n) is 5.06. The van der Waals surface area contributed by atoms with Gasteiger partial charge in [-0.15, -0.1) is 0 Å². The van der Waals surface area contributed by atoms with Gasteiger partial charge in [0.1, 0.15) is 0 Å². The molecule has 1 saturated heterocycles. The SMILES string of the molecule is C1CCCCC[C@H]2CCCC(CC2)NCCCC1. The Hall–Kier alpha value is -0.0400. The largest absolute Gasteiger partial charge is 0.314 e. The molecule has 2 bridgehead atoms. The molecule has 0 aromatic carbocycles. The van der Waals surface area contributed by atoms with Crippen LogP contribution in [0.1, 0.15) is 89.9 Å². The fraction of sp³-hybridized carbons (Fsp3) is 1.00. The van der Waals surface area contributed by atoms with Gasteiger partial charge < -0.3 is 5.32 Å². The van der Waals surface area contributed by atoms with Gasteiger partial charge in [-0.1, -0.05) is 64.2 Å². The summed E-state index contributed by atoms with van der Waals surface area (Å²) in [6.07, 6.45) is 20.7. The Labute approximate surface area is 114 Å². The maximum absolute atomic E-state index is 3.82. The highest BCUT2D eigenvalue weighted by molar-refractivity contribution is 4.75. The Morgan fingerprint density at radius 3 is 2.00 bits per heavy atom. The fourth-order valence-electron chi connectivity index (χ4n) is 3.80. The quantitative estimate of drug-likeness (QED) is 0.635. The first-order chi connectivity index (χ1) is 8.95. The van der Waals surface area contributed by atoms with Gasteiger partial charge >= 0.3 is 0 Å². The summed E-state index contributed by atoms with van der Waals surface area (Å²) in [5, 5.41) is 3.82. The molecule has 0 spiro atoms. The first kappa shape index (κ1) is 14.4. The lowest BCUT2D eigenvalue weighted by Crippen LogP contribution is -2.29. The molecule has 1 saturated carbocycles. The predicted molar refractivity (Wildman–Crippen MR) is 79.9 cm³/mol. The van der Waals surface area contributed by atoms with Crippen LogP contribution in [0.25, 0.3) is 0 Å². The van der Waals surface area contributed by atoms with Crippen LogP contribution < -0.4 is 5.32 Å². The van der Waals surface area contributed by atoms with Crippen LogP contribution in [0, 0.1) is 5.92 Å². The molecule has 0 aromatic heterocycles. The van der Waals surface area contributed by atoms with E-state index in [9.17, 15) is 0 Å². The monoisotopic (exact) mass is 251 g/mol. The number of hydrogen-bond donors (Lipinski definition) is 1. The van der Waals surface area contributed by atoms with Crippen molar-refractivity contribution in [1.82, 2.24) is 5.32 Å². The van der Waals surface area contributed by atoms with Crippen LogP contribution in [0.3, 0.4) is 0 Å². The number of fused-ring (bicyclic) bond motifs is 3. The van der Waals surface area contributed by atoms with Gasteiger partial charge in [0.15, 0.2) is 0 Å². The van der Waals surface area contributed by atoms with E-state index in [1.165, 1.54) is 96.4 Å². The van der Waals surface area contributed by atoms with E-state index in [-0.39, 0.29) is 0 Å². The molecule has 1 nitrogen and oxygen atoms in total. The van der Waals surface area contributed by atoms with Crippen LogP contribution in [-0.4, -0.2) is 12.6 Å². The number of rotatable bonds is 0. The Morgan fingerprint density at radius 2 is 1.17 bits per heavy atom. The minimum Gasteiger partial charge on any atom is -0.314 e. The van der Waals surface area contributed by atoms with Crippen molar-refractivity contribution in [3.05, 3.63) is 0 Å². The molecule has 106 valence electrons. The zero-order valence-electron chi connectivity index (χ0n) is 12.3. The Bertz CT molecular complexity index is 182. The molecule has 0 aromatic rings. The second-order valence-electron chi connectivity index (χ2n) is 6.64.